The molecular weight excluding hydrogens is 380 g/mol. The number of aryl methyl sites for hydroxylation is 1. The van der Waals surface area contributed by atoms with E-state index < -0.39 is 12.1 Å². The lowest BCUT2D eigenvalue weighted by atomic mass is 10.0. The zero-order chi connectivity index (χ0) is 20.9. The minimum absolute atomic E-state index is 0.0106. The first kappa shape index (κ1) is 19.4. The summed E-state index contributed by atoms with van der Waals surface area (Å²) < 4.78 is 11.1. The van der Waals surface area contributed by atoms with E-state index in [9.17, 15) is 9.59 Å². The van der Waals surface area contributed by atoms with Gasteiger partial charge in [0, 0.05) is 5.56 Å². The number of carbonyl (C=O) groups is 2. The van der Waals surface area contributed by atoms with Gasteiger partial charge in [-0.3, -0.25) is 4.79 Å². The van der Waals surface area contributed by atoms with Crippen LogP contribution in [0.3, 0.4) is 0 Å². The number of rotatable bonds is 6. The number of nitrogens with one attached hydrogen (secondary N) is 1. The van der Waals surface area contributed by atoms with Crippen molar-refractivity contribution >= 4 is 18.1 Å². The van der Waals surface area contributed by atoms with E-state index in [1.807, 2.05) is 61.5 Å². The van der Waals surface area contributed by atoms with E-state index in [0.29, 0.717) is 11.3 Å². The predicted octanol–water partition coefficient (Wildman–Crippen LogP) is 4.54. The molecule has 0 radical (unpaired) electrons. The van der Waals surface area contributed by atoms with Gasteiger partial charge < -0.3 is 9.47 Å². The van der Waals surface area contributed by atoms with Gasteiger partial charge in [-0.15, -0.1) is 0 Å². The van der Waals surface area contributed by atoms with E-state index in [0.717, 1.165) is 22.4 Å². The number of amides is 1. The zero-order valence-corrected chi connectivity index (χ0v) is 16.4. The normalized spacial score (nSPS) is 15.0. The van der Waals surface area contributed by atoms with Crippen molar-refractivity contribution in [3.05, 3.63) is 95.1 Å². The van der Waals surface area contributed by atoms with Gasteiger partial charge in [0.15, 0.2) is 0 Å². The molecule has 0 aliphatic carbocycles. The third-order valence-electron chi connectivity index (χ3n) is 4.67. The molecule has 150 valence electrons. The summed E-state index contributed by atoms with van der Waals surface area (Å²) in [6, 6.07) is 22.2. The molecule has 4 rings (SSSR count). The number of carbonyl (C=O) groups excluding carboxylic acids is 2. The minimum atomic E-state index is -0.588. The molecule has 30 heavy (non-hydrogen) atoms. The minimum Gasteiger partial charge on any atom is -0.457 e. The molecule has 0 fully saturated rings. The molecule has 1 amide bonds. The van der Waals surface area contributed by atoms with Crippen LogP contribution >= 0.6 is 0 Å². The van der Waals surface area contributed by atoms with Crippen LogP contribution in [0.25, 0.3) is 0 Å². The number of fused-ring (bicyclic) bond motifs is 1. The Balaban J connectivity index is 1.34. The van der Waals surface area contributed by atoms with E-state index in [2.05, 4.69) is 10.5 Å². The lowest BCUT2D eigenvalue weighted by molar-refractivity contribution is -0.122. The van der Waals surface area contributed by atoms with Crippen molar-refractivity contribution in [1.82, 2.24) is 5.43 Å². The fourth-order valence-electron chi connectivity index (χ4n) is 3.17. The molecule has 0 bridgehead atoms. The number of esters is 1. The number of hydrogen-bond acceptors (Lipinski definition) is 5. The molecule has 0 saturated heterocycles. The standard InChI is InChI=1S/C24H20N2O4/c1-16-9-11-18(12-10-16)29-19-6-4-5-17(13-19)15-25-26-23(27)14-22-20-7-2-3-8-21(20)24(28)30-22/h2-13,15,22H,14H2,1H3,(H,26,27). The Hall–Kier alpha value is -3.93. The molecule has 1 unspecified atom stereocenters. The van der Waals surface area contributed by atoms with Crippen molar-refractivity contribution in [3.63, 3.8) is 0 Å². The number of nitrogens with zero attached hydrogens (tertiary/aromatic N) is 1. The van der Waals surface area contributed by atoms with Crippen molar-refractivity contribution in [3.8, 4) is 11.5 Å². The molecule has 1 N–H and O–H groups in total. The van der Waals surface area contributed by atoms with Gasteiger partial charge in [-0.2, -0.15) is 5.10 Å². The van der Waals surface area contributed by atoms with Crippen molar-refractivity contribution in [2.24, 2.45) is 5.10 Å². The number of hydrogen-bond donors (Lipinski definition) is 1. The van der Waals surface area contributed by atoms with Crippen LogP contribution in [0.2, 0.25) is 0 Å². The number of hydrazone groups is 1. The highest BCUT2D eigenvalue weighted by atomic mass is 16.5. The van der Waals surface area contributed by atoms with Gasteiger partial charge in [0.2, 0.25) is 5.91 Å². The second-order valence-electron chi connectivity index (χ2n) is 6.97. The molecule has 1 heterocycles. The highest BCUT2D eigenvalue weighted by molar-refractivity contribution is 5.94. The summed E-state index contributed by atoms with van der Waals surface area (Å²) in [4.78, 5) is 24.0. The maximum Gasteiger partial charge on any atom is 0.339 e. The smallest absolute Gasteiger partial charge is 0.339 e. The third-order valence-corrected chi connectivity index (χ3v) is 4.67. The highest BCUT2D eigenvalue weighted by Crippen LogP contribution is 2.32. The molecule has 0 saturated carbocycles. The first-order chi connectivity index (χ1) is 14.6. The van der Waals surface area contributed by atoms with E-state index in [4.69, 9.17) is 9.47 Å². The average molecular weight is 400 g/mol. The summed E-state index contributed by atoms with van der Waals surface area (Å²) in [5.41, 5.74) is 5.64. The van der Waals surface area contributed by atoms with Crippen LogP contribution in [-0.2, 0) is 9.53 Å². The van der Waals surface area contributed by atoms with Crippen LogP contribution in [0.4, 0.5) is 0 Å². The Bertz CT molecular complexity index is 1110. The third kappa shape index (κ3) is 4.55. The van der Waals surface area contributed by atoms with Gasteiger partial charge in [0.1, 0.15) is 17.6 Å². The first-order valence-electron chi connectivity index (χ1n) is 9.55. The molecule has 1 atom stereocenters. The summed E-state index contributed by atoms with van der Waals surface area (Å²) in [6.45, 7) is 2.02. The average Bonchev–Trinajstić information content (AvgIpc) is 3.06. The largest absolute Gasteiger partial charge is 0.457 e. The predicted molar refractivity (Wildman–Crippen MR) is 113 cm³/mol. The first-order valence-corrected chi connectivity index (χ1v) is 9.55. The molecule has 3 aromatic rings. The van der Waals surface area contributed by atoms with Crippen molar-refractivity contribution in [2.45, 2.75) is 19.4 Å². The Labute approximate surface area is 174 Å². The zero-order valence-electron chi connectivity index (χ0n) is 16.4. The molecule has 1 aliphatic heterocycles. The van der Waals surface area contributed by atoms with Crippen molar-refractivity contribution in [2.75, 3.05) is 0 Å². The Morgan fingerprint density at radius 3 is 2.70 bits per heavy atom. The summed E-state index contributed by atoms with van der Waals surface area (Å²) in [7, 11) is 0. The molecule has 0 aromatic heterocycles. The number of cyclic esters (lactones) is 1. The van der Waals surface area contributed by atoms with E-state index in [-0.39, 0.29) is 12.3 Å². The van der Waals surface area contributed by atoms with Crippen LogP contribution < -0.4 is 10.2 Å². The number of ether oxygens (including phenoxy) is 2. The maximum absolute atomic E-state index is 12.2. The summed E-state index contributed by atoms with van der Waals surface area (Å²) in [6.07, 6.45) is 0.959. The Morgan fingerprint density at radius 2 is 1.87 bits per heavy atom. The fourth-order valence-corrected chi connectivity index (χ4v) is 3.17. The van der Waals surface area contributed by atoms with Gasteiger partial charge in [0.05, 0.1) is 18.2 Å². The topological polar surface area (TPSA) is 77.0 Å². The highest BCUT2D eigenvalue weighted by Gasteiger charge is 2.31. The van der Waals surface area contributed by atoms with Crippen LogP contribution in [0, 0.1) is 6.92 Å². The lowest BCUT2D eigenvalue weighted by Gasteiger charge is -2.09. The van der Waals surface area contributed by atoms with E-state index >= 15 is 0 Å². The maximum atomic E-state index is 12.2. The van der Waals surface area contributed by atoms with Gasteiger partial charge in [-0.05, 0) is 42.8 Å². The summed E-state index contributed by atoms with van der Waals surface area (Å²) >= 11 is 0. The van der Waals surface area contributed by atoms with E-state index in [1.54, 1.807) is 18.2 Å². The van der Waals surface area contributed by atoms with Gasteiger partial charge in [0.25, 0.3) is 0 Å². The SMILES string of the molecule is Cc1ccc(Oc2cccc(C=NNC(=O)CC3OC(=O)c4ccccc43)c2)cc1. The van der Waals surface area contributed by atoms with Crippen molar-refractivity contribution in [1.29, 1.82) is 0 Å². The van der Waals surface area contributed by atoms with Crippen molar-refractivity contribution < 1.29 is 19.1 Å². The second kappa shape index (κ2) is 8.61. The van der Waals surface area contributed by atoms with Gasteiger partial charge in [-0.25, -0.2) is 10.2 Å². The quantitative estimate of drug-likeness (QED) is 0.374. The van der Waals surface area contributed by atoms with E-state index in [1.165, 1.54) is 6.21 Å². The fraction of sp³-hybridized carbons (Fsp3) is 0.125. The molecule has 3 aromatic carbocycles. The molecule has 0 spiro atoms. The number of benzene rings is 3. The van der Waals surface area contributed by atoms with Crippen LogP contribution in [0.5, 0.6) is 11.5 Å². The Morgan fingerprint density at radius 1 is 1.07 bits per heavy atom. The monoisotopic (exact) mass is 400 g/mol. The Kier molecular flexibility index (Phi) is 5.57. The van der Waals surface area contributed by atoms with Gasteiger partial charge in [-0.1, -0.05) is 48.0 Å². The lowest BCUT2D eigenvalue weighted by Crippen LogP contribution is -2.20. The second-order valence-corrected chi connectivity index (χ2v) is 6.97. The molecule has 1 aliphatic rings. The van der Waals surface area contributed by atoms with Crippen LogP contribution in [0.15, 0.2) is 77.9 Å². The van der Waals surface area contributed by atoms with Crippen LogP contribution in [0.1, 0.15) is 39.6 Å². The summed E-state index contributed by atoms with van der Waals surface area (Å²) in [5.74, 6) is 0.670. The summed E-state index contributed by atoms with van der Waals surface area (Å²) in [5, 5.41) is 4.00. The molecule has 6 nitrogen and oxygen atoms in total. The van der Waals surface area contributed by atoms with Crippen LogP contribution in [-0.4, -0.2) is 18.1 Å². The molecular formula is C24H20N2O4. The molecule has 6 heteroatoms. The van der Waals surface area contributed by atoms with Gasteiger partial charge >= 0.3 is 5.97 Å².